The van der Waals surface area contributed by atoms with Gasteiger partial charge in [0.1, 0.15) is 6.61 Å². The van der Waals surface area contributed by atoms with Crippen molar-refractivity contribution in [2.24, 2.45) is 0 Å². The molecule has 53 heavy (non-hydrogen) atoms. The average molecular weight is 765 g/mol. The monoisotopic (exact) mass is 765 g/mol. The Hall–Kier alpha value is -2.25. The molecular formula is C44H77O8P. The topological polar surface area (TPSA) is 108 Å². The van der Waals surface area contributed by atoms with Crippen LogP contribution in [0.15, 0.2) is 60.8 Å². The van der Waals surface area contributed by atoms with Crippen molar-refractivity contribution in [1.29, 1.82) is 0 Å². The quantitative estimate of drug-likeness (QED) is 0.0286. The highest BCUT2D eigenvalue weighted by atomic mass is 31.2. The van der Waals surface area contributed by atoms with Gasteiger partial charge in [-0.05, 0) is 64.7 Å². The van der Waals surface area contributed by atoms with Crippen LogP contribution in [0.5, 0.6) is 0 Å². The smallest absolute Gasteiger partial charge is 0.462 e. The Bertz CT molecular complexity index is 1050. The number of phosphoric acid groups is 1. The van der Waals surface area contributed by atoms with E-state index in [0.29, 0.717) is 6.42 Å². The Balaban J connectivity index is 4.17. The third-order valence-corrected chi connectivity index (χ3v) is 9.65. The number of phosphoric ester groups is 1. The largest absolute Gasteiger partial charge is 0.472 e. The van der Waals surface area contributed by atoms with E-state index in [-0.39, 0.29) is 32.0 Å². The number of ether oxygens (including phenoxy) is 2. The molecule has 2 atom stereocenters. The van der Waals surface area contributed by atoms with E-state index in [9.17, 15) is 19.0 Å². The van der Waals surface area contributed by atoms with Gasteiger partial charge in [-0.2, -0.15) is 0 Å². The van der Waals surface area contributed by atoms with Crippen LogP contribution in [0.25, 0.3) is 0 Å². The van der Waals surface area contributed by atoms with E-state index in [1.165, 1.54) is 70.6 Å². The zero-order valence-electron chi connectivity index (χ0n) is 33.9. The van der Waals surface area contributed by atoms with Crippen LogP contribution in [0.4, 0.5) is 0 Å². The zero-order valence-corrected chi connectivity index (χ0v) is 34.8. The molecular weight excluding hydrogens is 687 g/mol. The predicted molar refractivity (Wildman–Crippen MR) is 221 cm³/mol. The molecule has 0 aliphatic carbocycles. The molecule has 0 spiro atoms. The van der Waals surface area contributed by atoms with E-state index in [2.05, 4.69) is 74.6 Å². The van der Waals surface area contributed by atoms with Crippen LogP contribution in [0.2, 0.25) is 0 Å². The van der Waals surface area contributed by atoms with Gasteiger partial charge in [0.15, 0.2) is 6.10 Å². The van der Waals surface area contributed by atoms with E-state index >= 15 is 0 Å². The summed E-state index contributed by atoms with van der Waals surface area (Å²) in [4.78, 5) is 34.7. The first-order valence-corrected chi connectivity index (χ1v) is 22.6. The normalized spacial score (nSPS) is 14.0. The Morgan fingerprint density at radius 1 is 0.528 bits per heavy atom. The van der Waals surface area contributed by atoms with Crippen molar-refractivity contribution in [3.8, 4) is 0 Å². The second kappa shape index (κ2) is 39.4. The molecule has 0 bridgehead atoms. The number of esters is 2. The first-order chi connectivity index (χ1) is 25.8. The third-order valence-electron chi connectivity index (χ3n) is 8.59. The molecule has 0 radical (unpaired) electrons. The van der Waals surface area contributed by atoms with E-state index in [4.69, 9.17) is 18.5 Å². The maximum atomic E-state index is 12.5. The van der Waals surface area contributed by atoms with Gasteiger partial charge in [0.25, 0.3) is 0 Å². The van der Waals surface area contributed by atoms with Crippen molar-refractivity contribution < 1.29 is 37.6 Å². The van der Waals surface area contributed by atoms with Crippen molar-refractivity contribution in [3.05, 3.63) is 60.8 Å². The van der Waals surface area contributed by atoms with Crippen LogP contribution in [-0.2, 0) is 32.7 Å². The van der Waals surface area contributed by atoms with Gasteiger partial charge in [0.05, 0.1) is 13.2 Å². The summed E-state index contributed by atoms with van der Waals surface area (Å²) in [6.45, 7) is 5.32. The lowest BCUT2D eigenvalue weighted by Crippen LogP contribution is -2.29. The fourth-order valence-electron chi connectivity index (χ4n) is 5.54. The number of carbonyl (C=O) groups excluding carboxylic acids is 2. The first kappa shape index (κ1) is 50.8. The van der Waals surface area contributed by atoms with Crippen LogP contribution >= 0.6 is 7.82 Å². The van der Waals surface area contributed by atoms with Gasteiger partial charge in [-0.25, -0.2) is 4.57 Å². The van der Waals surface area contributed by atoms with E-state index in [0.717, 1.165) is 70.6 Å². The Morgan fingerprint density at radius 3 is 1.45 bits per heavy atom. The molecule has 0 fully saturated rings. The van der Waals surface area contributed by atoms with Crippen molar-refractivity contribution in [2.45, 2.75) is 187 Å². The Kier molecular flexibility index (Phi) is 37.8. The van der Waals surface area contributed by atoms with Crippen LogP contribution in [0.3, 0.4) is 0 Å². The van der Waals surface area contributed by atoms with Gasteiger partial charge in [0, 0.05) is 12.8 Å². The highest BCUT2D eigenvalue weighted by molar-refractivity contribution is 7.47. The minimum Gasteiger partial charge on any atom is -0.462 e. The fourth-order valence-corrected chi connectivity index (χ4v) is 6.29. The molecule has 8 nitrogen and oxygen atoms in total. The van der Waals surface area contributed by atoms with Crippen LogP contribution < -0.4 is 0 Å². The van der Waals surface area contributed by atoms with Crippen LogP contribution in [-0.4, -0.2) is 42.8 Å². The molecule has 0 aliphatic heterocycles. The van der Waals surface area contributed by atoms with E-state index < -0.39 is 26.5 Å². The third kappa shape index (κ3) is 39.3. The molecule has 0 heterocycles. The zero-order chi connectivity index (χ0) is 38.9. The molecule has 0 saturated carbocycles. The predicted octanol–water partition coefficient (Wildman–Crippen LogP) is 13.2. The maximum Gasteiger partial charge on any atom is 0.472 e. The highest BCUT2D eigenvalue weighted by Crippen LogP contribution is 2.43. The lowest BCUT2D eigenvalue weighted by atomic mass is 10.0. The highest BCUT2D eigenvalue weighted by Gasteiger charge is 2.25. The standard InChI is InChI=1S/C44H77O8P/c1-4-7-9-11-13-15-17-19-21-22-23-24-25-27-29-31-33-35-37-39-44(46)52-42(41-51-53(47,48)50-6-3)40-49-43(45)38-36-34-32-30-28-26-20-18-16-14-12-10-8-5-2/h7,9,13,15,19,21,23-24,27,29,42H,4-6,8,10-12,14,16-18,20,22,25-26,28,30-41H2,1-3H3,(H,47,48)/b9-7-,15-13-,21-19-,24-23-,29-27-. The minimum absolute atomic E-state index is 0.00790. The minimum atomic E-state index is -4.29. The summed E-state index contributed by atoms with van der Waals surface area (Å²) in [5.41, 5.74) is 0. The summed E-state index contributed by atoms with van der Waals surface area (Å²) >= 11 is 0. The maximum absolute atomic E-state index is 12.5. The molecule has 1 N–H and O–H groups in total. The summed E-state index contributed by atoms with van der Waals surface area (Å²) in [7, 11) is -4.29. The summed E-state index contributed by atoms with van der Waals surface area (Å²) < 4.78 is 32.6. The molecule has 0 aromatic heterocycles. The second-order valence-electron chi connectivity index (χ2n) is 13.6. The van der Waals surface area contributed by atoms with E-state index in [1.807, 2.05) is 0 Å². The SMILES string of the molecule is CC/C=C\C/C=C\C/C=C\C/C=C\C/C=C\CCCCCC(=O)OC(COC(=O)CCCCCCCCCCCCCCCC)COP(=O)(O)OCC. The van der Waals surface area contributed by atoms with Gasteiger partial charge in [-0.15, -0.1) is 0 Å². The number of hydrogen-bond acceptors (Lipinski definition) is 7. The van der Waals surface area contributed by atoms with Crippen molar-refractivity contribution in [3.63, 3.8) is 0 Å². The number of hydrogen-bond donors (Lipinski definition) is 1. The molecule has 306 valence electrons. The number of allylic oxidation sites excluding steroid dienone is 10. The number of unbranched alkanes of at least 4 members (excludes halogenated alkanes) is 16. The fraction of sp³-hybridized carbons (Fsp3) is 0.727. The Labute approximate surface area is 324 Å². The number of rotatable bonds is 38. The molecule has 0 rings (SSSR count). The summed E-state index contributed by atoms with van der Waals surface area (Å²) in [5, 5.41) is 0. The Morgan fingerprint density at radius 2 is 0.962 bits per heavy atom. The molecule has 0 saturated heterocycles. The lowest BCUT2D eigenvalue weighted by Gasteiger charge is -2.19. The van der Waals surface area contributed by atoms with Gasteiger partial charge in [-0.1, -0.05) is 164 Å². The van der Waals surface area contributed by atoms with Crippen molar-refractivity contribution in [1.82, 2.24) is 0 Å². The van der Waals surface area contributed by atoms with Crippen molar-refractivity contribution in [2.75, 3.05) is 19.8 Å². The van der Waals surface area contributed by atoms with Crippen LogP contribution in [0, 0.1) is 0 Å². The lowest BCUT2D eigenvalue weighted by molar-refractivity contribution is -0.161. The van der Waals surface area contributed by atoms with Crippen molar-refractivity contribution >= 4 is 19.8 Å². The van der Waals surface area contributed by atoms with Gasteiger partial charge in [0.2, 0.25) is 0 Å². The molecule has 0 aliphatic rings. The average Bonchev–Trinajstić information content (AvgIpc) is 3.13. The summed E-state index contributed by atoms with van der Waals surface area (Å²) in [6.07, 6.45) is 47.0. The van der Waals surface area contributed by atoms with Crippen LogP contribution in [0.1, 0.15) is 181 Å². The number of carbonyl (C=O) groups is 2. The summed E-state index contributed by atoms with van der Waals surface area (Å²) in [5.74, 6) is -0.835. The van der Waals surface area contributed by atoms with Gasteiger partial charge in [-0.3, -0.25) is 18.6 Å². The molecule has 0 aromatic carbocycles. The van der Waals surface area contributed by atoms with Gasteiger partial charge >= 0.3 is 19.8 Å². The van der Waals surface area contributed by atoms with Gasteiger partial charge < -0.3 is 14.4 Å². The van der Waals surface area contributed by atoms with E-state index in [1.54, 1.807) is 6.92 Å². The molecule has 0 amide bonds. The molecule has 9 heteroatoms. The molecule has 2 unspecified atom stereocenters. The molecule has 0 aromatic rings. The summed E-state index contributed by atoms with van der Waals surface area (Å²) in [6, 6.07) is 0. The first-order valence-electron chi connectivity index (χ1n) is 21.1. The second-order valence-corrected chi connectivity index (χ2v) is 15.1.